The van der Waals surface area contributed by atoms with E-state index in [0.717, 1.165) is 0 Å². The number of methoxy groups -OCH3 is 1. The maximum Gasteiger partial charge on any atom is 0.341 e. The first kappa shape index (κ1) is 8.73. The molecule has 5 heteroatoms. The number of aryl methyl sites for hydroxylation is 1. The fraction of sp³-hybridized carbons (Fsp3) is 0.429. The number of aliphatic hydroxyl groups is 1. The van der Waals surface area contributed by atoms with Gasteiger partial charge < -0.3 is 9.84 Å². The van der Waals surface area contributed by atoms with Crippen LogP contribution in [0.5, 0.6) is 0 Å². The Balaban J connectivity index is 3.07. The zero-order chi connectivity index (χ0) is 9.14. The number of hydrogen-bond acceptors (Lipinski definition) is 4. The molecule has 1 N–H and O–H groups in total. The van der Waals surface area contributed by atoms with Crippen molar-refractivity contribution in [3.8, 4) is 0 Å². The average molecular weight is 170 g/mol. The second-order valence-electron chi connectivity index (χ2n) is 2.28. The molecule has 1 aromatic heterocycles. The fourth-order valence-electron chi connectivity index (χ4n) is 0.931. The summed E-state index contributed by atoms with van der Waals surface area (Å²) in [5.41, 5.74) is 0.768. The lowest BCUT2D eigenvalue weighted by Gasteiger charge is -1.99. The maximum absolute atomic E-state index is 11.0. The molecule has 0 aliphatic rings. The first-order valence-electron chi connectivity index (χ1n) is 3.40. The van der Waals surface area contributed by atoms with Gasteiger partial charge >= 0.3 is 5.97 Å². The van der Waals surface area contributed by atoms with Gasteiger partial charge in [-0.2, -0.15) is 5.10 Å². The number of ether oxygens (including phenoxy) is 1. The lowest BCUT2D eigenvalue weighted by atomic mass is 10.2. The molecular formula is C7H10N2O3. The van der Waals surface area contributed by atoms with Gasteiger partial charge in [-0.05, 0) is 0 Å². The van der Waals surface area contributed by atoms with E-state index in [0.29, 0.717) is 11.3 Å². The Morgan fingerprint density at radius 2 is 2.50 bits per heavy atom. The van der Waals surface area contributed by atoms with E-state index in [1.165, 1.54) is 18.0 Å². The molecular weight excluding hydrogens is 160 g/mol. The molecule has 12 heavy (non-hydrogen) atoms. The van der Waals surface area contributed by atoms with Gasteiger partial charge in [0.2, 0.25) is 0 Å². The zero-order valence-electron chi connectivity index (χ0n) is 6.94. The summed E-state index contributed by atoms with van der Waals surface area (Å²) in [6.45, 7) is -0.221. The molecule has 1 heterocycles. The van der Waals surface area contributed by atoms with Crippen LogP contribution < -0.4 is 0 Å². The topological polar surface area (TPSA) is 64.3 Å². The molecule has 0 saturated carbocycles. The minimum absolute atomic E-state index is 0.221. The predicted octanol–water partition coefficient (Wildman–Crippen LogP) is -0.301. The van der Waals surface area contributed by atoms with Crippen LogP contribution in [-0.4, -0.2) is 28.0 Å². The van der Waals surface area contributed by atoms with Crippen molar-refractivity contribution in [2.45, 2.75) is 6.61 Å². The van der Waals surface area contributed by atoms with E-state index in [1.807, 2.05) is 0 Å². The van der Waals surface area contributed by atoms with Gasteiger partial charge in [-0.15, -0.1) is 0 Å². The third kappa shape index (κ3) is 1.31. The second kappa shape index (κ2) is 3.36. The molecule has 0 spiro atoms. The first-order chi connectivity index (χ1) is 5.70. The van der Waals surface area contributed by atoms with Gasteiger partial charge in [0.05, 0.1) is 25.6 Å². The van der Waals surface area contributed by atoms with Crippen molar-refractivity contribution in [3.05, 3.63) is 17.5 Å². The molecule has 0 fully saturated rings. The molecule has 0 unspecified atom stereocenters. The van der Waals surface area contributed by atoms with Gasteiger partial charge in [0.15, 0.2) is 0 Å². The van der Waals surface area contributed by atoms with Crippen LogP contribution in [0.1, 0.15) is 16.1 Å². The Morgan fingerprint density at radius 3 is 3.00 bits per heavy atom. The highest BCUT2D eigenvalue weighted by atomic mass is 16.5. The normalized spacial score (nSPS) is 9.92. The molecule has 0 aliphatic heterocycles. The summed E-state index contributed by atoms with van der Waals surface area (Å²) < 4.78 is 5.93. The van der Waals surface area contributed by atoms with Crippen LogP contribution in [0.25, 0.3) is 0 Å². The third-order valence-electron chi connectivity index (χ3n) is 1.62. The molecule has 5 nitrogen and oxygen atoms in total. The zero-order valence-corrected chi connectivity index (χ0v) is 6.94. The van der Waals surface area contributed by atoms with Crippen LogP contribution in [0.4, 0.5) is 0 Å². The minimum Gasteiger partial charge on any atom is -0.465 e. The second-order valence-corrected chi connectivity index (χ2v) is 2.28. The number of carbonyl (C=O) groups excluding carboxylic acids is 1. The maximum atomic E-state index is 11.0. The molecule has 0 bridgehead atoms. The number of aliphatic hydroxyl groups excluding tert-OH is 1. The van der Waals surface area contributed by atoms with Gasteiger partial charge in [0.25, 0.3) is 0 Å². The average Bonchev–Trinajstić information content (AvgIpc) is 2.45. The monoisotopic (exact) mass is 170 g/mol. The van der Waals surface area contributed by atoms with Crippen molar-refractivity contribution >= 4 is 5.97 Å². The molecule has 66 valence electrons. The van der Waals surface area contributed by atoms with E-state index >= 15 is 0 Å². The highest BCUT2D eigenvalue weighted by Gasteiger charge is 2.14. The highest BCUT2D eigenvalue weighted by Crippen LogP contribution is 2.07. The molecule has 0 saturated heterocycles. The van der Waals surface area contributed by atoms with Crippen molar-refractivity contribution in [2.75, 3.05) is 7.11 Å². The quantitative estimate of drug-likeness (QED) is 0.619. The van der Waals surface area contributed by atoms with E-state index in [4.69, 9.17) is 5.11 Å². The molecule has 0 aliphatic carbocycles. The van der Waals surface area contributed by atoms with Crippen LogP contribution in [0, 0.1) is 0 Å². The summed E-state index contributed by atoms with van der Waals surface area (Å²) in [6, 6.07) is 0. The van der Waals surface area contributed by atoms with Crippen molar-refractivity contribution in [3.63, 3.8) is 0 Å². The SMILES string of the molecule is COC(=O)c1cnn(C)c1CO. The molecule has 0 radical (unpaired) electrons. The van der Waals surface area contributed by atoms with Crippen molar-refractivity contribution < 1.29 is 14.6 Å². The van der Waals surface area contributed by atoms with E-state index in [9.17, 15) is 4.79 Å². The van der Waals surface area contributed by atoms with Crippen LogP contribution >= 0.6 is 0 Å². The van der Waals surface area contributed by atoms with Gasteiger partial charge in [-0.25, -0.2) is 4.79 Å². The predicted molar refractivity (Wildman–Crippen MR) is 40.5 cm³/mol. The Morgan fingerprint density at radius 1 is 1.83 bits per heavy atom. The summed E-state index contributed by atoms with van der Waals surface area (Å²) in [6.07, 6.45) is 1.37. The Hall–Kier alpha value is -1.36. The summed E-state index contributed by atoms with van der Waals surface area (Å²) in [7, 11) is 2.94. The van der Waals surface area contributed by atoms with Crippen LogP contribution in [-0.2, 0) is 18.4 Å². The largest absolute Gasteiger partial charge is 0.465 e. The molecule has 1 rings (SSSR count). The van der Waals surface area contributed by atoms with Gasteiger partial charge in [0.1, 0.15) is 5.56 Å². The van der Waals surface area contributed by atoms with Crippen LogP contribution in [0.3, 0.4) is 0 Å². The summed E-state index contributed by atoms with van der Waals surface area (Å²) in [5.74, 6) is -0.479. The summed E-state index contributed by atoms with van der Waals surface area (Å²) in [5, 5.41) is 12.7. The van der Waals surface area contributed by atoms with E-state index in [1.54, 1.807) is 7.05 Å². The van der Waals surface area contributed by atoms with E-state index in [2.05, 4.69) is 9.84 Å². The highest BCUT2D eigenvalue weighted by molar-refractivity contribution is 5.90. The van der Waals surface area contributed by atoms with E-state index in [-0.39, 0.29) is 6.61 Å². The number of rotatable bonds is 2. The van der Waals surface area contributed by atoms with Gasteiger partial charge in [0, 0.05) is 7.05 Å². The number of aromatic nitrogens is 2. The lowest BCUT2D eigenvalue weighted by Crippen LogP contribution is -2.06. The summed E-state index contributed by atoms with van der Waals surface area (Å²) >= 11 is 0. The van der Waals surface area contributed by atoms with Crippen LogP contribution in [0.15, 0.2) is 6.20 Å². The third-order valence-corrected chi connectivity index (χ3v) is 1.62. The molecule has 0 aromatic carbocycles. The molecule has 1 aromatic rings. The number of esters is 1. The number of carbonyl (C=O) groups is 1. The van der Waals surface area contributed by atoms with Gasteiger partial charge in [-0.1, -0.05) is 0 Å². The van der Waals surface area contributed by atoms with Crippen molar-refractivity contribution in [1.82, 2.24) is 9.78 Å². The van der Waals surface area contributed by atoms with Crippen LogP contribution in [0.2, 0.25) is 0 Å². The van der Waals surface area contributed by atoms with E-state index < -0.39 is 5.97 Å². The first-order valence-corrected chi connectivity index (χ1v) is 3.40. The Bertz CT molecular complexity index is 293. The number of nitrogens with zero attached hydrogens (tertiary/aromatic N) is 2. The number of hydrogen-bond donors (Lipinski definition) is 1. The molecule has 0 amide bonds. The minimum atomic E-state index is -0.479. The van der Waals surface area contributed by atoms with Crippen molar-refractivity contribution in [2.24, 2.45) is 7.05 Å². The lowest BCUT2D eigenvalue weighted by molar-refractivity contribution is 0.0597. The smallest absolute Gasteiger partial charge is 0.341 e. The van der Waals surface area contributed by atoms with Gasteiger partial charge in [-0.3, -0.25) is 4.68 Å². The van der Waals surface area contributed by atoms with Crippen molar-refractivity contribution in [1.29, 1.82) is 0 Å². The summed E-state index contributed by atoms with van der Waals surface area (Å²) in [4.78, 5) is 11.0. The Labute approximate surface area is 69.6 Å². The standard InChI is InChI=1S/C7H10N2O3/c1-9-6(4-10)5(3-8-9)7(11)12-2/h3,10H,4H2,1-2H3. The fourth-order valence-corrected chi connectivity index (χ4v) is 0.931. The molecule has 0 atom stereocenters. The Kier molecular flexibility index (Phi) is 2.44.